The number of hydrogen-bond donors (Lipinski definition) is 1. The first-order valence-electron chi connectivity index (χ1n) is 10.4. The summed E-state index contributed by atoms with van der Waals surface area (Å²) in [6.07, 6.45) is 5.07. The number of anilines is 1. The van der Waals surface area contributed by atoms with E-state index >= 15 is 0 Å². The van der Waals surface area contributed by atoms with E-state index in [2.05, 4.69) is 12.2 Å². The van der Waals surface area contributed by atoms with Crippen LogP contribution in [-0.4, -0.2) is 30.6 Å². The maximum absolute atomic E-state index is 12.5. The van der Waals surface area contributed by atoms with Gasteiger partial charge in [-0.25, -0.2) is 4.79 Å². The molecule has 2 atom stereocenters. The van der Waals surface area contributed by atoms with Crippen LogP contribution in [0.1, 0.15) is 70.7 Å². The topological polar surface area (TPSA) is 81.7 Å². The van der Waals surface area contributed by atoms with Crippen LogP contribution in [0.4, 0.5) is 5.69 Å². The van der Waals surface area contributed by atoms with Crippen molar-refractivity contribution in [3.05, 3.63) is 29.8 Å². The van der Waals surface area contributed by atoms with Crippen molar-refractivity contribution < 1.29 is 23.9 Å². The molecule has 1 aromatic carbocycles. The highest BCUT2D eigenvalue weighted by atomic mass is 16.6. The maximum atomic E-state index is 12.5. The SMILES string of the molecule is CCOC(=O)C(C(=O)OC(=O)c1ccc(NC(C)C2CCCC2)cc1)C(C)(C)C. The van der Waals surface area contributed by atoms with Gasteiger partial charge in [0.1, 0.15) is 0 Å². The van der Waals surface area contributed by atoms with Gasteiger partial charge in [0, 0.05) is 11.7 Å². The van der Waals surface area contributed by atoms with Crippen LogP contribution >= 0.6 is 0 Å². The number of carbonyl (C=O) groups is 3. The minimum absolute atomic E-state index is 0.153. The first kappa shape index (κ1) is 22.9. The molecule has 1 aliphatic rings. The van der Waals surface area contributed by atoms with Gasteiger partial charge in [-0.05, 0) is 62.3 Å². The van der Waals surface area contributed by atoms with Gasteiger partial charge in [-0.15, -0.1) is 0 Å². The van der Waals surface area contributed by atoms with Crippen molar-refractivity contribution in [3.63, 3.8) is 0 Å². The molecular weight excluding hydrogens is 370 g/mol. The Bertz CT molecular complexity index is 714. The summed E-state index contributed by atoms with van der Waals surface area (Å²) < 4.78 is 9.97. The lowest BCUT2D eigenvalue weighted by Crippen LogP contribution is -2.39. The van der Waals surface area contributed by atoms with E-state index in [4.69, 9.17) is 9.47 Å². The number of nitrogens with one attached hydrogen (secondary N) is 1. The Balaban J connectivity index is 2.00. The lowest BCUT2D eigenvalue weighted by atomic mass is 9.81. The third-order valence-electron chi connectivity index (χ3n) is 5.44. The lowest BCUT2D eigenvalue weighted by molar-refractivity contribution is -0.163. The van der Waals surface area contributed by atoms with Crippen LogP contribution in [0.25, 0.3) is 0 Å². The monoisotopic (exact) mass is 403 g/mol. The molecule has 0 amide bonds. The predicted octanol–water partition coefficient (Wildman–Crippen LogP) is 4.59. The van der Waals surface area contributed by atoms with Crippen molar-refractivity contribution in [1.29, 1.82) is 0 Å². The first-order valence-corrected chi connectivity index (χ1v) is 10.4. The van der Waals surface area contributed by atoms with Crippen molar-refractivity contribution in [2.75, 3.05) is 11.9 Å². The zero-order valence-electron chi connectivity index (χ0n) is 18.1. The van der Waals surface area contributed by atoms with E-state index in [1.165, 1.54) is 25.7 Å². The minimum atomic E-state index is -1.17. The fraction of sp³-hybridized carbons (Fsp3) is 0.609. The number of carbonyl (C=O) groups excluding carboxylic acids is 3. The second kappa shape index (κ2) is 9.90. The van der Waals surface area contributed by atoms with Gasteiger partial charge < -0.3 is 14.8 Å². The highest BCUT2D eigenvalue weighted by Gasteiger charge is 2.41. The third-order valence-corrected chi connectivity index (χ3v) is 5.44. The van der Waals surface area contributed by atoms with Crippen LogP contribution in [0.2, 0.25) is 0 Å². The van der Waals surface area contributed by atoms with Gasteiger partial charge >= 0.3 is 17.9 Å². The largest absolute Gasteiger partial charge is 0.465 e. The predicted molar refractivity (Wildman–Crippen MR) is 111 cm³/mol. The zero-order chi connectivity index (χ0) is 21.6. The van der Waals surface area contributed by atoms with Crippen LogP contribution in [0, 0.1) is 17.3 Å². The minimum Gasteiger partial charge on any atom is -0.465 e. The Morgan fingerprint density at radius 3 is 2.17 bits per heavy atom. The number of ether oxygens (including phenoxy) is 2. The summed E-state index contributed by atoms with van der Waals surface area (Å²) in [5, 5.41) is 3.48. The normalized spacial score (nSPS) is 16.7. The zero-order valence-corrected chi connectivity index (χ0v) is 18.1. The lowest BCUT2D eigenvalue weighted by Gasteiger charge is -2.26. The molecule has 1 aliphatic carbocycles. The number of rotatable bonds is 7. The van der Waals surface area contributed by atoms with E-state index < -0.39 is 29.2 Å². The van der Waals surface area contributed by atoms with Crippen molar-refractivity contribution in [2.45, 2.75) is 66.3 Å². The Morgan fingerprint density at radius 2 is 1.66 bits per heavy atom. The molecule has 1 saturated carbocycles. The highest BCUT2D eigenvalue weighted by molar-refractivity contribution is 6.03. The summed E-state index contributed by atoms with van der Waals surface area (Å²) in [6, 6.07) is 7.22. The second-order valence-electron chi connectivity index (χ2n) is 8.81. The summed E-state index contributed by atoms with van der Waals surface area (Å²) in [5.41, 5.74) is 0.452. The average molecular weight is 404 g/mol. The Labute approximate surface area is 173 Å². The van der Waals surface area contributed by atoms with Crippen LogP contribution in [0.15, 0.2) is 24.3 Å². The number of hydrogen-bond acceptors (Lipinski definition) is 6. The van der Waals surface area contributed by atoms with Gasteiger partial charge in [-0.1, -0.05) is 33.6 Å². The van der Waals surface area contributed by atoms with Gasteiger partial charge in [-0.3, -0.25) is 9.59 Å². The molecule has 2 unspecified atom stereocenters. The van der Waals surface area contributed by atoms with Gasteiger partial charge in [0.2, 0.25) is 0 Å². The van der Waals surface area contributed by atoms with E-state index in [0.717, 1.165) is 5.69 Å². The summed E-state index contributed by atoms with van der Waals surface area (Å²) in [4.78, 5) is 37.1. The molecule has 2 rings (SSSR count). The van der Waals surface area contributed by atoms with Gasteiger partial charge in [-0.2, -0.15) is 0 Å². The fourth-order valence-corrected chi connectivity index (χ4v) is 3.78. The number of benzene rings is 1. The summed E-state index contributed by atoms with van der Waals surface area (Å²) in [7, 11) is 0. The maximum Gasteiger partial charge on any atom is 0.345 e. The average Bonchev–Trinajstić information content (AvgIpc) is 3.16. The molecule has 0 saturated heterocycles. The molecule has 0 heterocycles. The molecule has 1 N–H and O–H groups in total. The standard InChI is InChI=1S/C23H33NO5/c1-6-28-21(26)19(23(3,4)5)22(27)29-20(25)17-11-13-18(14-12-17)24-15(2)16-9-7-8-10-16/h11-16,19,24H,6-10H2,1-5H3. The van der Waals surface area contributed by atoms with Crippen LogP contribution in [0.5, 0.6) is 0 Å². The Kier molecular flexibility index (Phi) is 7.82. The summed E-state index contributed by atoms with van der Waals surface area (Å²) in [6.45, 7) is 9.18. The van der Waals surface area contributed by atoms with Crippen molar-refractivity contribution in [3.8, 4) is 0 Å². The molecular formula is C23H33NO5. The smallest absolute Gasteiger partial charge is 0.345 e. The molecule has 6 heteroatoms. The van der Waals surface area contributed by atoms with E-state index in [1.54, 1.807) is 52.0 Å². The molecule has 0 radical (unpaired) electrons. The molecule has 6 nitrogen and oxygen atoms in total. The van der Waals surface area contributed by atoms with E-state index in [0.29, 0.717) is 12.0 Å². The van der Waals surface area contributed by atoms with Crippen molar-refractivity contribution in [2.24, 2.45) is 17.3 Å². The van der Waals surface area contributed by atoms with Crippen LogP contribution < -0.4 is 5.32 Å². The Morgan fingerprint density at radius 1 is 1.07 bits per heavy atom. The van der Waals surface area contributed by atoms with Crippen molar-refractivity contribution in [1.82, 2.24) is 0 Å². The first-order chi connectivity index (χ1) is 13.6. The highest BCUT2D eigenvalue weighted by Crippen LogP contribution is 2.30. The molecule has 0 spiro atoms. The second-order valence-corrected chi connectivity index (χ2v) is 8.81. The van der Waals surface area contributed by atoms with Gasteiger partial charge in [0.25, 0.3) is 0 Å². The van der Waals surface area contributed by atoms with Crippen LogP contribution in [0.3, 0.4) is 0 Å². The molecule has 0 bridgehead atoms. The quantitative estimate of drug-likeness (QED) is 0.530. The molecule has 29 heavy (non-hydrogen) atoms. The molecule has 0 aliphatic heterocycles. The number of esters is 3. The molecule has 0 aromatic heterocycles. The summed E-state index contributed by atoms with van der Waals surface area (Å²) in [5.74, 6) is -2.84. The van der Waals surface area contributed by atoms with E-state index in [1.807, 2.05) is 0 Å². The molecule has 1 fully saturated rings. The van der Waals surface area contributed by atoms with Gasteiger partial charge in [0.05, 0.1) is 12.2 Å². The fourth-order valence-electron chi connectivity index (χ4n) is 3.78. The Hall–Kier alpha value is -2.37. The third kappa shape index (κ3) is 6.31. The van der Waals surface area contributed by atoms with Crippen molar-refractivity contribution >= 4 is 23.6 Å². The van der Waals surface area contributed by atoms with E-state index in [9.17, 15) is 14.4 Å². The molecule has 1 aromatic rings. The van der Waals surface area contributed by atoms with Gasteiger partial charge in [0.15, 0.2) is 5.92 Å². The van der Waals surface area contributed by atoms with Crippen LogP contribution in [-0.2, 0) is 19.1 Å². The summed E-state index contributed by atoms with van der Waals surface area (Å²) >= 11 is 0. The molecule has 160 valence electrons. The van der Waals surface area contributed by atoms with E-state index in [-0.39, 0.29) is 12.2 Å².